The van der Waals surface area contributed by atoms with E-state index >= 15 is 0 Å². The van der Waals surface area contributed by atoms with Gasteiger partial charge in [0.15, 0.2) is 5.17 Å². The molecule has 1 amide bonds. The lowest BCUT2D eigenvalue weighted by Crippen LogP contribution is -2.36. The molecule has 1 aliphatic heterocycles. The summed E-state index contributed by atoms with van der Waals surface area (Å²) >= 11 is 9.65. The van der Waals surface area contributed by atoms with Crippen molar-refractivity contribution in [2.24, 2.45) is 4.99 Å². The molecular formula is C30H37ClN4O3S2. The number of hydrogen-bond acceptors (Lipinski definition) is 8. The number of amidine groups is 1. The molecule has 0 radical (unpaired) electrons. The average Bonchev–Trinajstić information content (AvgIpc) is 3.50. The summed E-state index contributed by atoms with van der Waals surface area (Å²) in [6, 6.07) is 5.74. The van der Waals surface area contributed by atoms with Crippen molar-refractivity contribution in [1.29, 1.82) is 0 Å². The van der Waals surface area contributed by atoms with Gasteiger partial charge in [-0.2, -0.15) is 0 Å². The lowest BCUT2D eigenvalue weighted by Gasteiger charge is -2.22. The quantitative estimate of drug-likeness (QED) is 0.297. The topological polar surface area (TPSA) is 89.6 Å². The first-order chi connectivity index (χ1) is 19.0. The van der Waals surface area contributed by atoms with E-state index < -0.39 is 11.7 Å². The van der Waals surface area contributed by atoms with E-state index in [-0.39, 0.29) is 6.04 Å². The van der Waals surface area contributed by atoms with Crippen LogP contribution < -0.4 is 5.32 Å². The Kier molecular flexibility index (Phi) is 15.2. The number of nitrogens with one attached hydrogen (secondary N) is 1. The number of nitrogens with zero attached hydrogens (tertiary/aromatic N) is 3. The van der Waals surface area contributed by atoms with Gasteiger partial charge in [-0.25, -0.2) is 4.79 Å². The number of aromatic nitrogens is 2. The van der Waals surface area contributed by atoms with Crippen LogP contribution in [0.3, 0.4) is 0 Å². The molecule has 7 nitrogen and oxygen atoms in total. The van der Waals surface area contributed by atoms with Gasteiger partial charge in [0.25, 0.3) is 0 Å². The Morgan fingerprint density at radius 3 is 2.45 bits per heavy atom. The summed E-state index contributed by atoms with van der Waals surface area (Å²) in [7, 11) is 0. The summed E-state index contributed by atoms with van der Waals surface area (Å²) in [5, 5.41) is 7.62. The fourth-order valence-corrected chi connectivity index (χ4v) is 5.60. The molecule has 0 bridgehead atoms. The van der Waals surface area contributed by atoms with Crippen LogP contribution in [0.2, 0.25) is 5.02 Å². The number of pyridine rings is 1. The maximum Gasteiger partial charge on any atom is 0.413 e. The van der Waals surface area contributed by atoms with Crippen molar-refractivity contribution >= 4 is 46.0 Å². The molecule has 3 aromatic rings. The smallest absolute Gasteiger partial charge is 0.413 e. The number of carbonyl (C=O) groups is 1. The van der Waals surface area contributed by atoms with Crippen molar-refractivity contribution in [2.45, 2.75) is 73.5 Å². The Hall–Kier alpha value is -3.24. The second kappa shape index (κ2) is 17.5. The van der Waals surface area contributed by atoms with Gasteiger partial charge in [-0.3, -0.25) is 15.3 Å². The molecule has 0 aliphatic carbocycles. The van der Waals surface area contributed by atoms with Crippen LogP contribution in [0.15, 0.2) is 40.1 Å². The third-order valence-corrected chi connectivity index (χ3v) is 7.20. The zero-order valence-electron chi connectivity index (χ0n) is 24.3. The standard InChI is InChI=1S/C21H22ClN3O2S2.C5H7NO.C2H6.C2H2/c1-5-6-13-9-14(12-23-11-13)17-10-15(22)18(29-17)16-7-8-28-19(24-16)25-20(26)27-21(2,3)4;1-4-3-5(2)7-6-4;2*1-2/h9-12,16H,7-8H2,1-4H3,(H,24,25,26);3H,1-2H3;1-2H3;1-2H/t16-;;;/m0.../s1. The van der Waals surface area contributed by atoms with Gasteiger partial charge < -0.3 is 9.26 Å². The molecular weight excluding hydrogens is 564 g/mol. The van der Waals surface area contributed by atoms with Crippen molar-refractivity contribution in [3.05, 3.63) is 57.5 Å². The largest absolute Gasteiger partial charge is 0.444 e. The van der Waals surface area contributed by atoms with Crippen molar-refractivity contribution in [3.63, 3.8) is 0 Å². The van der Waals surface area contributed by atoms with Crippen molar-refractivity contribution in [3.8, 4) is 35.1 Å². The second-order valence-corrected chi connectivity index (χ2v) is 11.5. The number of carbonyl (C=O) groups excluding carboxylic acids is 1. The van der Waals surface area contributed by atoms with Crippen LogP contribution in [0, 0.1) is 38.5 Å². The van der Waals surface area contributed by atoms with Gasteiger partial charge in [0.05, 0.1) is 16.8 Å². The highest BCUT2D eigenvalue weighted by Crippen LogP contribution is 2.42. The summed E-state index contributed by atoms with van der Waals surface area (Å²) in [6.45, 7) is 15.1. The molecule has 0 saturated heterocycles. The zero-order valence-corrected chi connectivity index (χ0v) is 26.7. The number of hydrogen-bond donors (Lipinski definition) is 1. The van der Waals surface area contributed by atoms with Crippen LogP contribution in [0.1, 0.15) is 75.9 Å². The number of thiophene rings is 1. The molecule has 4 heterocycles. The Morgan fingerprint density at radius 2 is 1.90 bits per heavy atom. The first-order valence-electron chi connectivity index (χ1n) is 12.7. The number of amides is 1. The summed E-state index contributed by atoms with van der Waals surface area (Å²) in [4.78, 5) is 23.0. The van der Waals surface area contributed by atoms with Gasteiger partial charge >= 0.3 is 6.09 Å². The van der Waals surface area contributed by atoms with Crippen LogP contribution in [0.5, 0.6) is 0 Å². The van der Waals surface area contributed by atoms with E-state index in [1.54, 1.807) is 24.5 Å². The number of aryl methyl sites for hydroxylation is 2. The molecule has 10 heteroatoms. The predicted octanol–water partition coefficient (Wildman–Crippen LogP) is 8.46. The molecule has 0 aromatic carbocycles. The zero-order chi connectivity index (χ0) is 30.3. The van der Waals surface area contributed by atoms with Gasteiger partial charge in [-0.05, 0) is 60.1 Å². The minimum Gasteiger partial charge on any atom is -0.444 e. The number of thioether (sulfide) groups is 1. The summed E-state index contributed by atoms with van der Waals surface area (Å²) in [6.07, 6.45) is 11.9. The minimum absolute atomic E-state index is 0.0981. The molecule has 40 heavy (non-hydrogen) atoms. The van der Waals surface area contributed by atoms with E-state index in [2.05, 4.69) is 40.1 Å². The van der Waals surface area contributed by atoms with E-state index in [1.807, 2.05) is 72.9 Å². The Balaban J connectivity index is 0.000000617. The third-order valence-electron chi connectivity index (χ3n) is 4.56. The molecule has 0 fully saturated rings. The van der Waals surface area contributed by atoms with Gasteiger partial charge in [-0.15, -0.1) is 30.1 Å². The summed E-state index contributed by atoms with van der Waals surface area (Å²) in [5.41, 5.74) is 2.23. The number of aliphatic imine (C=N–C) groups is 1. The first kappa shape index (κ1) is 34.8. The van der Waals surface area contributed by atoms with Gasteiger partial charge in [0.1, 0.15) is 11.4 Å². The Morgan fingerprint density at radius 1 is 1.20 bits per heavy atom. The lowest BCUT2D eigenvalue weighted by molar-refractivity contribution is 0.0564. The fourth-order valence-electron chi connectivity index (χ4n) is 3.19. The summed E-state index contributed by atoms with van der Waals surface area (Å²) in [5.74, 6) is 7.62. The maximum atomic E-state index is 12.0. The van der Waals surface area contributed by atoms with E-state index in [9.17, 15) is 4.79 Å². The van der Waals surface area contributed by atoms with Crippen LogP contribution >= 0.6 is 34.7 Å². The second-order valence-electron chi connectivity index (χ2n) is 8.95. The van der Waals surface area contributed by atoms with Crippen molar-refractivity contribution < 1.29 is 14.1 Å². The van der Waals surface area contributed by atoms with Crippen LogP contribution in [-0.2, 0) is 4.74 Å². The molecule has 0 spiro atoms. The maximum absolute atomic E-state index is 12.0. The SMILES string of the molecule is C#C.CC.CC#Cc1cncc(-c2cc(Cl)c([C@@H]3CCSC(NC(=O)OC(C)(C)C)=N3)s2)c1.Cc1cc(C)on1. The molecule has 1 aliphatic rings. The number of halogens is 1. The van der Waals surface area contributed by atoms with Crippen molar-refractivity contribution in [1.82, 2.24) is 15.5 Å². The fraction of sp³-hybridized carbons (Fsp3) is 0.400. The number of terminal acetylenes is 1. The Bertz CT molecular complexity index is 1330. The van der Waals surface area contributed by atoms with Crippen LogP contribution in [0.4, 0.5) is 4.79 Å². The molecule has 0 saturated carbocycles. The molecule has 1 N–H and O–H groups in total. The summed E-state index contributed by atoms with van der Waals surface area (Å²) < 4.78 is 10.0. The van der Waals surface area contributed by atoms with E-state index in [0.717, 1.165) is 44.5 Å². The third kappa shape index (κ3) is 11.9. The van der Waals surface area contributed by atoms with Gasteiger partial charge in [-0.1, -0.05) is 48.3 Å². The van der Waals surface area contributed by atoms with Crippen LogP contribution in [0.25, 0.3) is 10.4 Å². The first-order valence-corrected chi connectivity index (χ1v) is 14.8. The Labute approximate surface area is 251 Å². The average molecular weight is 601 g/mol. The monoisotopic (exact) mass is 600 g/mol. The van der Waals surface area contributed by atoms with E-state index in [1.165, 1.54) is 11.8 Å². The lowest BCUT2D eigenvalue weighted by atomic mass is 10.1. The minimum atomic E-state index is -0.555. The molecule has 0 unspecified atom stereocenters. The van der Waals surface area contributed by atoms with Crippen molar-refractivity contribution in [2.75, 3.05) is 5.75 Å². The molecule has 214 valence electrons. The highest BCUT2D eigenvalue weighted by Gasteiger charge is 2.25. The highest BCUT2D eigenvalue weighted by molar-refractivity contribution is 8.13. The van der Waals surface area contributed by atoms with E-state index in [4.69, 9.17) is 25.9 Å². The molecule has 1 atom stereocenters. The number of alkyl carbamates (subject to hydrolysis) is 1. The normalized spacial score (nSPS) is 13.8. The van der Waals surface area contributed by atoms with Gasteiger partial charge in [0, 0.05) is 45.1 Å². The predicted molar refractivity (Wildman–Crippen MR) is 169 cm³/mol. The number of ether oxygens (including phenoxy) is 1. The number of rotatable bonds is 2. The molecule has 3 aromatic heterocycles. The molecule has 4 rings (SSSR count). The van der Waals surface area contributed by atoms with Gasteiger partial charge in [0.2, 0.25) is 0 Å². The van der Waals surface area contributed by atoms with E-state index in [0.29, 0.717) is 10.2 Å². The highest BCUT2D eigenvalue weighted by atomic mass is 35.5. The van der Waals surface area contributed by atoms with Crippen LogP contribution in [-0.4, -0.2) is 32.8 Å².